The monoisotopic (exact) mass is 509 g/mol. The molecule has 2 aromatic carbocycles. The summed E-state index contributed by atoms with van der Waals surface area (Å²) < 4.78 is 21.9. The van der Waals surface area contributed by atoms with E-state index in [2.05, 4.69) is 0 Å². The lowest BCUT2D eigenvalue weighted by Crippen LogP contribution is -2.44. The highest BCUT2D eigenvalue weighted by Gasteiger charge is 2.37. The van der Waals surface area contributed by atoms with Crippen LogP contribution in [0.1, 0.15) is 43.4 Å². The average Bonchev–Trinajstić information content (AvgIpc) is 3.38. The van der Waals surface area contributed by atoms with Gasteiger partial charge in [-0.1, -0.05) is 12.1 Å². The first-order chi connectivity index (χ1) is 18.0. The molecule has 0 saturated carbocycles. The molecule has 2 atom stereocenters. The number of amides is 1. The van der Waals surface area contributed by atoms with Gasteiger partial charge in [0.1, 0.15) is 17.2 Å². The fourth-order valence-electron chi connectivity index (χ4n) is 5.04. The van der Waals surface area contributed by atoms with Crippen LogP contribution in [0, 0.1) is 5.92 Å². The Balaban J connectivity index is 1.64. The van der Waals surface area contributed by atoms with E-state index in [0.717, 1.165) is 36.2 Å². The van der Waals surface area contributed by atoms with Crippen LogP contribution in [-0.4, -0.2) is 75.1 Å². The minimum absolute atomic E-state index is 0.149. The number of methoxy groups -OCH3 is 3. The van der Waals surface area contributed by atoms with Crippen molar-refractivity contribution in [2.75, 3.05) is 47.6 Å². The van der Waals surface area contributed by atoms with Gasteiger partial charge < -0.3 is 18.9 Å². The van der Waals surface area contributed by atoms with Crippen LogP contribution in [-0.2, 0) is 14.3 Å². The highest BCUT2D eigenvalue weighted by molar-refractivity contribution is 6.05. The Bertz CT molecular complexity index is 1150. The minimum atomic E-state index is -0.386. The number of esters is 1. The molecule has 0 spiro atoms. The molecule has 9 heteroatoms. The van der Waals surface area contributed by atoms with Crippen LogP contribution in [0.3, 0.4) is 0 Å². The maximum Gasteiger partial charge on any atom is 0.310 e. The zero-order valence-corrected chi connectivity index (χ0v) is 21.9. The topological polar surface area (TPSA) is 89.9 Å². The molecule has 37 heavy (non-hydrogen) atoms. The van der Waals surface area contributed by atoms with Crippen molar-refractivity contribution in [3.63, 3.8) is 0 Å². The van der Waals surface area contributed by atoms with E-state index in [1.54, 1.807) is 33.3 Å². The highest BCUT2D eigenvalue weighted by atomic mass is 16.5. The summed E-state index contributed by atoms with van der Waals surface area (Å²) >= 11 is 0. The van der Waals surface area contributed by atoms with Crippen molar-refractivity contribution in [3.05, 3.63) is 53.6 Å². The molecule has 2 aliphatic rings. The fourth-order valence-corrected chi connectivity index (χ4v) is 5.04. The van der Waals surface area contributed by atoms with Crippen LogP contribution in [0.2, 0.25) is 0 Å². The zero-order chi connectivity index (χ0) is 26.4. The normalized spacial score (nSPS) is 19.8. The van der Waals surface area contributed by atoms with Crippen LogP contribution < -0.4 is 14.2 Å². The summed E-state index contributed by atoms with van der Waals surface area (Å²) in [6, 6.07) is 12.8. The van der Waals surface area contributed by atoms with Crippen molar-refractivity contribution >= 4 is 17.6 Å². The van der Waals surface area contributed by atoms with Crippen LogP contribution in [0.4, 0.5) is 0 Å². The summed E-state index contributed by atoms with van der Waals surface area (Å²) in [5.74, 6) is 1.45. The van der Waals surface area contributed by atoms with Gasteiger partial charge in [0.05, 0.1) is 52.2 Å². The number of nitrogens with zero attached hydrogens (tertiary/aromatic N) is 3. The highest BCUT2D eigenvalue weighted by Crippen LogP contribution is 2.40. The van der Waals surface area contributed by atoms with Crippen molar-refractivity contribution in [2.45, 2.75) is 32.2 Å². The predicted octanol–water partition coefficient (Wildman–Crippen LogP) is 3.67. The lowest BCUT2D eigenvalue weighted by atomic mass is 9.96. The number of likely N-dealkylation sites (tertiary alicyclic amines) is 1. The molecule has 4 rings (SSSR count). The quantitative estimate of drug-likeness (QED) is 0.477. The Morgan fingerprint density at radius 1 is 1.03 bits per heavy atom. The van der Waals surface area contributed by atoms with Crippen molar-refractivity contribution in [3.8, 4) is 17.2 Å². The zero-order valence-electron chi connectivity index (χ0n) is 21.9. The first kappa shape index (κ1) is 26.5. The second-order valence-electron chi connectivity index (χ2n) is 9.14. The van der Waals surface area contributed by atoms with Gasteiger partial charge in [-0.05, 0) is 56.6 Å². The first-order valence-electron chi connectivity index (χ1n) is 12.6. The smallest absolute Gasteiger partial charge is 0.310 e. The summed E-state index contributed by atoms with van der Waals surface area (Å²) in [4.78, 5) is 28.1. The number of benzene rings is 2. The summed E-state index contributed by atoms with van der Waals surface area (Å²) in [6.07, 6.45) is 2.09. The number of hydrazone groups is 1. The van der Waals surface area contributed by atoms with Crippen LogP contribution in [0.15, 0.2) is 47.6 Å². The molecule has 1 saturated heterocycles. The van der Waals surface area contributed by atoms with Crippen LogP contribution >= 0.6 is 0 Å². The Morgan fingerprint density at radius 3 is 2.54 bits per heavy atom. The van der Waals surface area contributed by atoms with Crippen molar-refractivity contribution in [2.24, 2.45) is 11.0 Å². The molecule has 0 N–H and O–H groups in total. The van der Waals surface area contributed by atoms with E-state index in [4.69, 9.17) is 24.0 Å². The molecule has 0 aliphatic carbocycles. The van der Waals surface area contributed by atoms with E-state index in [0.29, 0.717) is 36.8 Å². The minimum Gasteiger partial charge on any atom is -0.497 e. The van der Waals surface area contributed by atoms with E-state index in [1.807, 2.05) is 47.4 Å². The van der Waals surface area contributed by atoms with Gasteiger partial charge in [-0.2, -0.15) is 5.10 Å². The Labute approximate surface area is 217 Å². The number of para-hydroxylation sites is 1. The molecule has 1 fully saturated rings. The molecule has 9 nitrogen and oxygen atoms in total. The van der Waals surface area contributed by atoms with E-state index in [9.17, 15) is 9.59 Å². The number of hydrogen-bond acceptors (Lipinski definition) is 8. The van der Waals surface area contributed by atoms with Gasteiger partial charge in [0.25, 0.3) is 5.91 Å². The van der Waals surface area contributed by atoms with Crippen molar-refractivity contribution in [1.82, 2.24) is 9.91 Å². The van der Waals surface area contributed by atoms with Gasteiger partial charge in [0.2, 0.25) is 0 Å². The van der Waals surface area contributed by atoms with Gasteiger partial charge in [-0.15, -0.1) is 0 Å². The summed E-state index contributed by atoms with van der Waals surface area (Å²) in [5, 5.41) is 6.36. The second kappa shape index (κ2) is 12.1. The van der Waals surface area contributed by atoms with Gasteiger partial charge in [0.15, 0.2) is 0 Å². The molecule has 0 aromatic heterocycles. The predicted molar refractivity (Wildman–Crippen MR) is 139 cm³/mol. The molecule has 2 aliphatic heterocycles. The number of ether oxygens (including phenoxy) is 4. The van der Waals surface area contributed by atoms with Gasteiger partial charge in [-0.3, -0.25) is 14.5 Å². The second-order valence-corrected chi connectivity index (χ2v) is 9.14. The standard InChI is InChI=1S/C28H35N3O6/c1-5-37-28(33)19-9-8-14-30(17-19)18-27(32)31-24(22-15-20(34-2)12-13-26(22)36-4)16-23(29-31)21-10-6-7-11-25(21)35-3/h6-7,10-13,15,19,24H,5,8-9,14,16-18H2,1-4H3/t19-,24-/m0/s1. The molecule has 1 amide bonds. The van der Waals surface area contributed by atoms with E-state index < -0.39 is 0 Å². The maximum absolute atomic E-state index is 13.7. The first-order valence-corrected chi connectivity index (χ1v) is 12.6. The molecular weight excluding hydrogens is 474 g/mol. The van der Waals surface area contributed by atoms with E-state index >= 15 is 0 Å². The van der Waals surface area contributed by atoms with E-state index in [-0.39, 0.29) is 30.4 Å². The number of rotatable bonds is 9. The third-order valence-corrected chi connectivity index (χ3v) is 6.86. The third-order valence-electron chi connectivity index (χ3n) is 6.86. The fraction of sp³-hybridized carbons (Fsp3) is 0.464. The summed E-state index contributed by atoms with van der Waals surface area (Å²) in [5.41, 5.74) is 2.41. The Hall–Kier alpha value is -3.59. The Morgan fingerprint density at radius 2 is 1.81 bits per heavy atom. The lowest BCUT2D eigenvalue weighted by molar-refractivity contribution is -0.150. The number of hydrogen-bond donors (Lipinski definition) is 0. The van der Waals surface area contributed by atoms with Crippen LogP contribution in [0.5, 0.6) is 17.2 Å². The average molecular weight is 510 g/mol. The largest absolute Gasteiger partial charge is 0.497 e. The van der Waals surface area contributed by atoms with Crippen molar-refractivity contribution < 1.29 is 28.5 Å². The number of carbonyl (C=O) groups excluding carboxylic acids is 2. The van der Waals surface area contributed by atoms with Gasteiger partial charge in [0, 0.05) is 24.1 Å². The van der Waals surface area contributed by atoms with Gasteiger partial charge >= 0.3 is 5.97 Å². The lowest BCUT2D eigenvalue weighted by Gasteiger charge is -2.32. The van der Waals surface area contributed by atoms with E-state index in [1.165, 1.54) is 0 Å². The molecule has 0 unspecified atom stereocenters. The molecule has 0 bridgehead atoms. The molecule has 0 radical (unpaired) electrons. The molecule has 198 valence electrons. The molecule has 2 aromatic rings. The molecule has 2 heterocycles. The third kappa shape index (κ3) is 5.88. The summed E-state index contributed by atoms with van der Waals surface area (Å²) in [6.45, 7) is 3.55. The number of piperidine rings is 1. The molecular formula is C28H35N3O6. The maximum atomic E-state index is 13.7. The SMILES string of the molecule is CCOC(=O)[C@H]1CCCN(CC(=O)N2N=C(c3ccccc3OC)C[C@H]2c2cc(OC)ccc2OC)C1. The van der Waals surface area contributed by atoms with Crippen LogP contribution in [0.25, 0.3) is 0 Å². The Kier molecular flexibility index (Phi) is 8.66. The summed E-state index contributed by atoms with van der Waals surface area (Å²) in [7, 11) is 4.84. The number of carbonyl (C=O) groups is 2. The van der Waals surface area contributed by atoms with Gasteiger partial charge in [-0.25, -0.2) is 5.01 Å². The van der Waals surface area contributed by atoms with Crippen molar-refractivity contribution in [1.29, 1.82) is 0 Å².